The van der Waals surface area contributed by atoms with Crippen molar-refractivity contribution in [2.75, 3.05) is 31.1 Å². The summed E-state index contributed by atoms with van der Waals surface area (Å²) in [7, 11) is 0. The highest BCUT2D eigenvalue weighted by Crippen LogP contribution is 2.18. The van der Waals surface area contributed by atoms with Crippen molar-refractivity contribution in [3.8, 4) is 0 Å². The van der Waals surface area contributed by atoms with E-state index in [-0.39, 0.29) is 11.7 Å². The first-order chi connectivity index (χ1) is 11.1. The fourth-order valence-electron chi connectivity index (χ4n) is 2.80. The molecule has 0 bridgehead atoms. The summed E-state index contributed by atoms with van der Waals surface area (Å²) in [6.07, 6.45) is 0.497. The maximum Gasteiger partial charge on any atom is 0.227 e. The quantitative estimate of drug-likeness (QED) is 0.810. The molecule has 3 rings (SSSR count). The highest BCUT2D eigenvalue weighted by Gasteiger charge is 2.21. The minimum atomic E-state index is 0.0837. The van der Waals surface area contributed by atoms with E-state index in [1.165, 1.54) is 0 Å². The van der Waals surface area contributed by atoms with E-state index in [9.17, 15) is 9.59 Å². The van der Waals surface area contributed by atoms with E-state index in [0.717, 1.165) is 43.0 Å². The number of hydrogen-bond acceptors (Lipinski definition) is 4. The lowest BCUT2D eigenvalue weighted by Crippen LogP contribution is -2.49. The number of piperazine rings is 1. The second kappa shape index (κ2) is 6.96. The van der Waals surface area contributed by atoms with Crippen molar-refractivity contribution >= 4 is 28.7 Å². The third-order valence-corrected chi connectivity index (χ3v) is 4.94. The van der Waals surface area contributed by atoms with Gasteiger partial charge < -0.3 is 9.80 Å². The van der Waals surface area contributed by atoms with Crippen LogP contribution in [0.15, 0.2) is 41.1 Å². The lowest BCUT2D eigenvalue weighted by atomic mass is 10.1. The number of thiophene rings is 1. The van der Waals surface area contributed by atoms with Crippen LogP contribution in [0.5, 0.6) is 0 Å². The van der Waals surface area contributed by atoms with Crippen LogP contribution in [-0.4, -0.2) is 42.8 Å². The molecule has 1 amide bonds. The van der Waals surface area contributed by atoms with Crippen LogP contribution in [0.4, 0.5) is 5.69 Å². The molecule has 1 fully saturated rings. The van der Waals surface area contributed by atoms with Gasteiger partial charge in [-0.05, 0) is 53.6 Å². The molecule has 120 valence electrons. The fourth-order valence-corrected chi connectivity index (χ4v) is 3.47. The lowest BCUT2D eigenvalue weighted by molar-refractivity contribution is -0.130. The average molecular weight is 328 g/mol. The van der Waals surface area contributed by atoms with Crippen LogP contribution in [0.3, 0.4) is 0 Å². The van der Waals surface area contributed by atoms with E-state index < -0.39 is 0 Å². The molecule has 1 saturated heterocycles. The number of anilines is 1. The number of hydrogen-bond donors (Lipinski definition) is 0. The Morgan fingerprint density at radius 1 is 1.04 bits per heavy atom. The van der Waals surface area contributed by atoms with Crippen LogP contribution in [0, 0.1) is 0 Å². The number of Topliss-reactive ketones (excluding diaryl/α,β-unsaturated/α-hetero) is 1. The van der Waals surface area contributed by atoms with Gasteiger partial charge in [0.1, 0.15) is 0 Å². The van der Waals surface area contributed by atoms with Gasteiger partial charge in [-0.15, -0.1) is 0 Å². The molecule has 2 heterocycles. The summed E-state index contributed by atoms with van der Waals surface area (Å²) in [6.45, 7) is 4.73. The number of carbonyl (C=O) groups excluding carboxylic acids is 2. The zero-order chi connectivity index (χ0) is 16.2. The highest BCUT2D eigenvalue weighted by molar-refractivity contribution is 7.08. The third-order valence-electron chi connectivity index (χ3n) is 4.21. The number of benzene rings is 1. The Kier molecular flexibility index (Phi) is 4.76. The second-order valence-corrected chi connectivity index (χ2v) is 6.56. The molecule has 1 aliphatic heterocycles. The van der Waals surface area contributed by atoms with Crippen molar-refractivity contribution in [3.05, 3.63) is 52.2 Å². The van der Waals surface area contributed by atoms with Gasteiger partial charge in [-0.2, -0.15) is 11.3 Å². The van der Waals surface area contributed by atoms with Gasteiger partial charge in [0.15, 0.2) is 5.78 Å². The molecule has 1 aliphatic rings. The number of nitrogens with zero attached hydrogens (tertiary/aromatic N) is 2. The summed E-state index contributed by atoms with van der Waals surface area (Å²) < 4.78 is 0. The lowest BCUT2D eigenvalue weighted by Gasteiger charge is -2.36. The van der Waals surface area contributed by atoms with Crippen LogP contribution in [0.1, 0.15) is 22.8 Å². The van der Waals surface area contributed by atoms with E-state index in [1.54, 1.807) is 18.3 Å². The van der Waals surface area contributed by atoms with E-state index in [0.29, 0.717) is 6.42 Å². The Morgan fingerprint density at radius 2 is 1.74 bits per heavy atom. The molecule has 5 heteroatoms. The predicted molar refractivity (Wildman–Crippen MR) is 93.3 cm³/mol. The Balaban J connectivity index is 1.55. The minimum absolute atomic E-state index is 0.0837. The molecular formula is C18H20N2O2S. The molecule has 0 N–H and O–H groups in total. The Hall–Kier alpha value is -2.14. The average Bonchev–Trinajstić information content (AvgIpc) is 3.08. The zero-order valence-corrected chi connectivity index (χ0v) is 14.0. The first kappa shape index (κ1) is 15.7. The summed E-state index contributed by atoms with van der Waals surface area (Å²) in [5.74, 6) is 0.287. The molecule has 0 radical (unpaired) electrons. The van der Waals surface area contributed by atoms with E-state index in [2.05, 4.69) is 4.90 Å². The van der Waals surface area contributed by atoms with Gasteiger partial charge in [-0.3, -0.25) is 9.59 Å². The van der Waals surface area contributed by atoms with Crippen molar-refractivity contribution in [2.45, 2.75) is 13.3 Å². The molecule has 4 nitrogen and oxygen atoms in total. The molecule has 0 spiro atoms. The van der Waals surface area contributed by atoms with Crippen molar-refractivity contribution in [2.24, 2.45) is 0 Å². The molecule has 0 saturated carbocycles. The summed E-state index contributed by atoms with van der Waals surface area (Å²) >= 11 is 1.63. The number of rotatable bonds is 4. The molecule has 1 aromatic carbocycles. The highest BCUT2D eigenvalue weighted by atomic mass is 32.1. The molecule has 1 aromatic heterocycles. The van der Waals surface area contributed by atoms with Crippen LogP contribution >= 0.6 is 11.3 Å². The summed E-state index contributed by atoms with van der Waals surface area (Å²) in [5.41, 5.74) is 2.94. The van der Waals surface area contributed by atoms with Crippen molar-refractivity contribution < 1.29 is 9.59 Å². The molecule has 0 atom stereocenters. The first-order valence-electron chi connectivity index (χ1n) is 7.78. The van der Waals surface area contributed by atoms with Crippen LogP contribution in [-0.2, 0) is 11.2 Å². The van der Waals surface area contributed by atoms with Gasteiger partial charge in [0.05, 0.1) is 6.42 Å². The van der Waals surface area contributed by atoms with Gasteiger partial charge in [-0.1, -0.05) is 0 Å². The normalized spacial score (nSPS) is 14.8. The number of carbonyl (C=O) groups is 2. The molecular weight excluding hydrogens is 308 g/mol. The van der Waals surface area contributed by atoms with Gasteiger partial charge in [-0.25, -0.2) is 0 Å². The Bertz CT molecular complexity index is 672. The minimum Gasteiger partial charge on any atom is -0.368 e. The second-order valence-electron chi connectivity index (χ2n) is 5.78. The summed E-state index contributed by atoms with van der Waals surface area (Å²) in [6, 6.07) is 9.71. The largest absolute Gasteiger partial charge is 0.368 e. The predicted octanol–water partition coefficient (Wildman–Crippen LogP) is 2.84. The van der Waals surface area contributed by atoms with E-state index >= 15 is 0 Å². The Morgan fingerprint density at radius 3 is 2.30 bits per heavy atom. The molecule has 2 aromatic rings. The zero-order valence-electron chi connectivity index (χ0n) is 13.2. The van der Waals surface area contributed by atoms with Crippen LogP contribution in [0.25, 0.3) is 0 Å². The van der Waals surface area contributed by atoms with Crippen molar-refractivity contribution in [3.63, 3.8) is 0 Å². The number of ketones is 1. The van der Waals surface area contributed by atoms with Crippen LogP contribution in [0.2, 0.25) is 0 Å². The number of amides is 1. The van der Waals surface area contributed by atoms with Gasteiger partial charge in [0, 0.05) is 37.4 Å². The fraction of sp³-hybridized carbons (Fsp3) is 0.333. The monoisotopic (exact) mass is 328 g/mol. The third kappa shape index (κ3) is 3.79. The molecule has 23 heavy (non-hydrogen) atoms. The van der Waals surface area contributed by atoms with Gasteiger partial charge in [0.2, 0.25) is 5.91 Å². The topological polar surface area (TPSA) is 40.6 Å². The van der Waals surface area contributed by atoms with Crippen molar-refractivity contribution in [1.82, 2.24) is 4.90 Å². The molecule has 0 unspecified atom stereocenters. The standard InChI is InChI=1S/C18H20N2O2S/c1-14(21)16-2-4-17(5-3-16)19-7-9-20(10-8-19)18(22)12-15-6-11-23-13-15/h2-6,11,13H,7-10,12H2,1H3. The smallest absolute Gasteiger partial charge is 0.227 e. The maximum absolute atomic E-state index is 12.3. The molecule has 0 aliphatic carbocycles. The Labute approximate surface area is 140 Å². The van der Waals surface area contributed by atoms with E-state index in [1.807, 2.05) is 46.0 Å². The van der Waals surface area contributed by atoms with E-state index in [4.69, 9.17) is 0 Å². The van der Waals surface area contributed by atoms with Gasteiger partial charge >= 0.3 is 0 Å². The maximum atomic E-state index is 12.3. The summed E-state index contributed by atoms with van der Waals surface area (Å²) in [4.78, 5) is 27.8. The SMILES string of the molecule is CC(=O)c1ccc(N2CCN(C(=O)Cc3ccsc3)CC2)cc1. The van der Waals surface area contributed by atoms with Crippen LogP contribution < -0.4 is 4.90 Å². The van der Waals surface area contributed by atoms with Crippen molar-refractivity contribution in [1.29, 1.82) is 0 Å². The first-order valence-corrected chi connectivity index (χ1v) is 8.72. The summed E-state index contributed by atoms with van der Waals surface area (Å²) in [5, 5.41) is 4.04. The van der Waals surface area contributed by atoms with Gasteiger partial charge in [0.25, 0.3) is 0 Å².